The van der Waals surface area contributed by atoms with Crippen LogP contribution in [0.2, 0.25) is 0 Å². The van der Waals surface area contributed by atoms with E-state index in [-0.39, 0.29) is 6.61 Å². The normalized spacial score (nSPS) is 11.1. The molecule has 2 rings (SSSR count). The molecule has 0 aliphatic heterocycles. The maximum atomic E-state index is 13.5. The number of rotatable bonds is 6. The second-order valence-corrected chi connectivity index (χ2v) is 4.56. The smallest absolute Gasteiger partial charge is 0.367 e. The fourth-order valence-electron chi connectivity index (χ4n) is 1.81. The first-order valence-corrected chi connectivity index (χ1v) is 7.00. The number of esters is 1. The van der Waals surface area contributed by atoms with Crippen molar-refractivity contribution in [1.82, 2.24) is 0 Å². The summed E-state index contributed by atoms with van der Waals surface area (Å²) in [6.07, 6.45) is 1.14. The Morgan fingerprint density at radius 2 is 1.77 bits per heavy atom. The van der Waals surface area contributed by atoms with Crippen molar-refractivity contribution in [2.24, 2.45) is 0 Å². The largest absolute Gasteiger partial charge is 0.489 e. The molecule has 0 radical (unpaired) electrons. The number of hydrogen-bond acceptors (Lipinski definition) is 3. The number of hydrogen-bond donors (Lipinski definition) is 0. The van der Waals surface area contributed by atoms with E-state index in [4.69, 9.17) is 4.74 Å². The van der Waals surface area contributed by atoms with Crippen LogP contribution < -0.4 is 4.74 Å². The van der Waals surface area contributed by atoms with Crippen LogP contribution in [0.4, 0.5) is 4.39 Å². The van der Waals surface area contributed by atoms with E-state index >= 15 is 0 Å². The van der Waals surface area contributed by atoms with Crippen molar-refractivity contribution in [3.8, 4) is 5.75 Å². The quantitative estimate of drug-likeness (QED) is 0.594. The Labute approximate surface area is 129 Å². The number of ether oxygens (including phenoxy) is 2. The number of benzene rings is 2. The molecule has 22 heavy (non-hydrogen) atoms. The molecule has 0 N–H and O–H groups in total. The lowest BCUT2D eigenvalue weighted by Crippen LogP contribution is -2.03. The molecule has 4 heteroatoms. The van der Waals surface area contributed by atoms with Gasteiger partial charge in [-0.2, -0.15) is 4.39 Å². The molecule has 3 nitrogen and oxygen atoms in total. The number of halogens is 1. The molecule has 0 heterocycles. The zero-order valence-electron chi connectivity index (χ0n) is 12.3. The highest BCUT2D eigenvalue weighted by Gasteiger charge is 2.09. The van der Waals surface area contributed by atoms with Crippen molar-refractivity contribution in [2.75, 3.05) is 6.61 Å². The summed E-state index contributed by atoms with van der Waals surface area (Å²) < 4.78 is 23.7. The molecule has 0 saturated heterocycles. The Balaban J connectivity index is 1.95. The van der Waals surface area contributed by atoms with E-state index in [0.717, 1.165) is 11.6 Å². The molecule has 114 valence electrons. The van der Waals surface area contributed by atoms with Crippen molar-refractivity contribution in [2.45, 2.75) is 13.5 Å². The summed E-state index contributed by atoms with van der Waals surface area (Å²) in [5.74, 6) is -1.19. The molecule has 0 aromatic heterocycles. The molecule has 0 saturated carbocycles. The first kappa shape index (κ1) is 15.8. The SMILES string of the molecule is CCOC(=O)C(F)=Cc1ccc(OCc2ccccc2)cc1. The first-order chi connectivity index (χ1) is 10.7. The predicted octanol–water partition coefficient (Wildman–Crippen LogP) is 4.14. The molecule has 2 aromatic carbocycles. The molecule has 0 aliphatic rings. The summed E-state index contributed by atoms with van der Waals surface area (Å²) in [4.78, 5) is 11.2. The summed E-state index contributed by atoms with van der Waals surface area (Å²) in [5, 5.41) is 0. The van der Waals surface area contributed by atoms with E-state index in [1.54, 1.807) is 31.2 Å². The van der Waals surface area contributed by atoms with Gasteiger partial charge < -0.3 is 9.47 Å². The van der Waals surface area contributed by atoms with Crippen LogP contribution in [0, 0.1) is 0 Å². The van der Waals surface area contributed by atoms with Crippen LogP contribution >= 0.6 is 0 Å². The fraction of sp³-hybridized carbons (Fsp3) is 0.167. The van der Waals surface area contributed by atoms with Gasteiger partial charge in [0.1, 0.15) is 12.4 Å². The molecule has 0 bridgehead atoms. The van der Waals surface area contributed by atoms with Crippen LogP contribution in [0.5, 0.6) is 5.75 Å². The lowest BCUT2D eigenvalue weighted by atomic mass is 10.2. The molecule has 0 fully saturated rings. The second-order valence-electron chi connectivity index (χ2n) is 4.56. The van der Waals surface area contributed by atoms with Gasteiger partial charge in [-0.1, -0.05) is 42.5 Å². The number of carbonyl (C=O) groups is 1. The Morgan fingerprint density at radius 1 is 1.09 bits per heavy atom. The highest BCUT2D eigenvalue weighted by molar-refractivity contribution is 5.91. The van der Waals surface area contributed by atoms with Gasteiger partial charge in [-0.3, -0.25) is 0 Å². The monoisotopic (exact) mass is 300 g/mol. The van der Waals surface area contributed by atoms with Gasteiger partial charge in [-0.15, -0.1) is 0 Å². The molecule has 0 amide bonds. The third-order valence-electron chi connectivity index (χ3n) is 2.89. The first-order valence-electron chi connectivity index (χ1n) is 7.00. The standard InChI is InChI=1S/C18H17FO3/c1-2-21-18(20)17(19)12-14-8-10-16(11-9-14)22-13-15-6-4-3-5-7-15/h3-12H,2,13H2,1H3. The second kappa shape index (κ2) is 7.98. The minimum absolute atomic E-state index is 0.145. The van der Waals surface area contributed by atoms with Gasteiger partial charge >= 0.3 is 5.97 Å². The number of carbonyl (C=O) groups excluding carboxylic acids is 1. The average molecular weight is 300 g/mol. The minimum Gasteiger partial charge on any atom is -0.489 e. The molecule has 0 spiro atoms. The van der Waals surface area contributed by atoms with Crippen molar-refractivity contribution in [1.29, 1.82) is 0 Å². The van der Waals surface area contributed by atoms with Crippen LogP contribution in [0.15, 0.2) is 60.4 Å². The van der Waals surface area contributed by atoms with Crippen LogP contribution in [0.1, 0.15) is 18.1 Å². The average Bonchev–Trinajstić information content (AvgIpc) is 2.55. The van der Waals surface area contributed by atoms with E-state index in [1.165, 1.54) is 0 Å². The van der Waals surface area contributed by atoms with Gasteiger partial charge in [-0.25, -0.2) is 4.79 Å². The fourth-order valence-corrected chi connectivity index (χ4v) is 1.81. The zero-order valence-corrected chi connectivity index (χ0v) is 12.3. The summed E-state index contributed by atoms with van der Waals surface area (Å²) in [7, 11) is 0. The maximum Gasteiger partial charge on any atom is 0.367 e. The Kier molecular flexibility index (Phi) is 5.72. The van der Waals surface area contributed by atoms with Gasteiger partial charge in [0, 0.05) is 0 Å². The van der Waals surface area contributed by atoms with Gasteiger partial charge in [0.15, 0.2) is 0 Å². The Morgan fingerprint density at radius 3 is 2.41 bits per heavy atom. The summed E-state index contributed by atoms with van der Waals surface area (Å²) in [6.45, 7) is 2.24. The Hall–Kier alpha value is -2.62. The van der Waals surface area contributed by atoms with Crippen LogP contribution in [-0.2, 0) is 16.1 Å². The lowest BCUT2D eigenvalue weighted by molar-refractivity contribution is -0.140. The van der Waals surface area contributed by atoms with Crippen molar-refractivity contribution in [3.05, 3.63) is 71.6 Å². The van der Waals surface area contributed by atoms with Gasteiger partial charge in [0.25, 0.3) is 0 Å². The minimum atomic E-state index is -0.952. The summed E-state index contributed by atoms with van der Waals surface area (Å²) in [5.41, 5.74) is 1.64. The summed E-state index contributed by atoms with van der Waals surface area (Å²) >= 11 is 0. The zero-order chi connectivity index (χ0) is 15.8. The molecule has 0 aliphatic carbocycles. The third-order valence-corrected chi connectivity index (χ3v) is 2.89. The van der Waals surface area contributed by atoms with Gasteiger partial charge in [0.05, 0.1) is 6.61 Å². The molecule has 0 unspecified atom stereocenters. The van der Waals surface area contributed by atoms with Crippen LogP contribution in [-0.4, -0.2) is 12.6 Å². The van der Waals surface area contributed by atoms with Gasteiger partial charge in [-0.05, 0) is 36.3 Å². The predicted molar refractivity (Wildman–Crippen MR) is 82.9 cm³/mol. The molecule has 2 aromatic rings. The van der Waals surface area contributed by atoms with E-state index in [0.29, 0.717) is 17.9 Å². The van der Waals surface area contributed by atoms with E-state index in [1.807, 2.05) is 30.3 Å². The van der Waals surface area contributed by atoms with Crippen molar-refractivity contribution in [3.63, 3.8) is 0 Å². The highest BCUT2D eigenvalue weighted by Crippen LogP contribution is 2.17. The highest BCUT2D eigenvalue weighted by atomic mass is 19.1. The summed E-state index contributed by atoms with van der Waals surface area (Å²) in [6, 6.07) is 16.6. The Bertz CT molecular complexity index is 633. The van der Waals surface area contributed by atoms with E-state index in [9.17, 15) is 9.18 Å². The molecular formula is C18H17FO3. The van der Waals surface area contributed by atoms with Crippen molar-refractivity contribution < 1.29 is 18.7 Å². The van der Waals surface area contributed by atoms with Gasteiger partial charge in [0.2, 0.25) is 5.83 Å². The lowest BCUT2D eigenvalue weighted by Gasteiger charge is -2.06. The van der Waals surface area contributed by atoms with E-state index in [2.05, 4.69) is 4.74 Å². The molecular weight excluding hydrogens is 283 g/mol. The van der Waals surface area contributed by atoms with E-state index < -0.39 is 11.8 Å². The topological polar surface area (TPSA) is 35.5 Å². The maximum absolute atomic E-state index is 13.5. The molecule has 0 atom stereocenters. The van der Waals surface area contributed by atoms with Crippen LogP contribution in [0.3, 0.4) is 0 Å². The van der Waals surface area contributed by atoms with Crippen LogP contribution in [0.25, 0.3) is 6.08 Å². The van der Waals surface area contributed by atoms with Crippen molar-refractivity contribution >= 4 is 12.0 Å². The third kappa shape index (κ3) is 4.74.